The van der Waals surface area contributed by atoms with Crippen LogP contribution in [0.2, 0.25) is 0 Å². The summed E-state index contributed by atoms with van der Waals surface area (Å²) >= 11 is 10.5. The summed E-state index contributed by atoms with van der Waals surface area (Å²) in [5.74, 6) is 0. The zero-order valence-corrected chi connectivity index (χ0v) is 16.1. The molecule has 3 unspecified atom stereocenters. The lowest BCUT2D eigenvalue weighted by molar-refractivity contribution is 0.0673. The van der Waals surface area contributed by atoms with Gasteiger partial charge in [-0.05, 0) is 19.3 Å². The van der Waals surface area contributed by atoms with Crippen LogP contribution in [0.4, 0.5) is 0 Å². The molecular formula is C13H29BO3S3. The first kappa shape index (κ1) is 21.0. The normalized spacial score (nSPS) is 16.8. The highest BCUT2D eigenvalue weighted by molar-refractivity contribution is 8.01. The van der Waals surface area contributed by atoms with Crippen molar-refractivity contribution in [2.75, 3.05) is 0 Å². The Balaban J connectivity index is 4.57. The smallest absolute Gasteiger partial charge is 0.374 e. The van der Waals surface area contributed by atoms with E-state index in [4.69, 9.17) is 14.0 Å². The van der Waals surface area contributed by atoms with E-state index >= 15 is 0 Å². The Bertz CT molecular complexity index is 240. The van der Waals surface area contributed by atoms with Gasteiger partial charge >= 0.3 is 7.32 Å². The van der Waals surface area contributed by atoms with Crippen LogP contribution in [0.25, 0.3) is 0 Å². The van der Waals surface area contributed by atoms with Crippen LogP contribution in [0.15, 0.2) is 0 Å². The van der Waals surface area contributed by atoms with Gasteiger partial charge in [0.15, 0.2) is 0 Å². The van der Waals surface area contributed by atoms with Crippen molar-refractivity contribution in [1.82, 2.24) is 0 Å². The topological polar surface area (TPSA) is 27.7 Å². The van der Waals surface area contributed by atoms with Gasteiger partial charge in [0.05, 0.1) is 16.3 Å². The molecule has 0 aliphatic rings. The van der Waals surface area contributed by atoms with Crippen molar-refractivity contribution in [2.24, 2.45) is 0 Å². The second-order valence-corrected chi connectivity index (χ2v) is 8.63. The second-order valence-electron chi connectivity index (χ2n) is 5.49. The first-order valence-corrected chi connectivity index (χ1v) is 9.13. The Kier molecular flexibility index (Phi) is 11.2. The summed E-state index contributed by atoms with van der Waals surface area (Å²) in [6, 6.07) is 0. The Morgan fingerprint density at radius 1 is 0.900 bits per heavy atom. The molecule has 0 fully saturated rings. The SMILES string of the molecule is CCC(S)OB(OC(S)CC)OC(CC)SC(C)(C)C. The summed E-state index contributed by atoms with van der Waals surface area (Å²) in [4.78, 5) is 0. The number of thiol groups is 2. The molecule has 0 amide bonds. The zero-order valence-electron chi connectivity index (χ0n) is 13.5. The molecule has 0 bridgehead atoms. The van der Waals surface area contributed by atoms with Gasteiger partial charge in [-0.3, -0.25) is 0 Å². The average Bonchev–Trinajstić information content (AvgIpc) is 2.35. The van der Waals surface area contributed by atoms with Gasteiger partial charge < -0.3 is 14.0 Å². The van der Waals surface area contributed by atoms with Crippen molar-refractivity contribution in [3.05, 3.63) is 0 Å². The van der Waals surface area contributed by atoms with Gasteiger partial charge in [0.25, 0.3) is 0 Å². The van der Waals surface area contributed by atoms with Gasteiger partial charge in [-0.25, -0.2) is 0 Å². The lowest BCUT2D eigenvalue weighted by atomic mass is 10.2. The monoisotopic (exact) mass is 340 g/mol. The molecule has 0 rings (SSSR count). The standard InChI is InChI=1S/C13H29BO3S3/c1-7-10(18)15-14(16-11(19)8-2)17-12(9-3)20-13(4,5)6/h10-12,18-19H,7-9H2,1-6H3. The Hall–Kier alpha value is 0.995. The Morgan fingerprint density at radius 2 is 1.35 bits per heavy atom. The van der Waals surface area contributed by atoms with Crippen LogP contribution in [-0.2, 0) is 14.0 Å². The molecular weight excluding hydrogens is 311 g/mol. The first-order valence-electron chi connectivity index (χ1n) is 7.22. The lowest BCUT2D eigenvalue weighted by Crippen LogP contribution is -2.36. The number of hydrogen-bond donors (Lipinski definition) is 2. The quantitative estimate of drug-likeness (QED) is 0.345. The maximum absolute atomic E-state index is 5.94. The average molecular weight is 340 g/mol. The lowest BCUT2D eigenvalue weighted by Gasteiger charge is -2.28. The van der Waals surface area contributed by atoms with Crippen molar-refractivity contribution in [1.29, 1.82) is 0 Å². The van der Waals surface area contributed by atoms with Crippen LogP contribution in [0, 0.1) is 0 Å². The Labute approximate surface area is 140 Å². The molecule has 0 aliphatic heterocycles. The van der Waals surface area contributed by atoms with Gasteiger partial charge in [0, 0.05) is 4.75 Å². The molecule has 3 atom stereocenters. The molecule has 0 saturated carbocycles. The van der Waals surface area contributed by atoms with Crippen molar-refractivity contribution in [2.45, 2.75) is 81.9 Å². The minimum Gasteiger partial charge on any atom is -0.374 e. The molecule has 0 aromatic heterocycles. The minimum atomic E-state index is -0.723. The van der Waals surface area contributed by atoms with Crippen molar-refractivity contribution >= 4 is 44.3 Å². The van der Waals surface area contributed by atoms with Crippen LogP contribution in [0.1, 0.15) is 60.8 Å². The van der Waals surface area contributed by atoms with Crippen molar-refractivity contribution in [3.8, 4) is 0 Å². The van der Waals surface area contributed by atoms with E-state index in [9.17, 15) is 0 Å². The summed E-state index contributed by atoms with van der Waals surface area (Å²) in [6.07, 6.45) is 2.47. The third-order valence-electron chi connectivity index (χ3n) is 2.32. The zero-order chi connectivity index (χ0) is 15.8. The van der Waals surface area contributed by atoms with Gasteiger partial charge in [-0.2, -0.15) is 0 Å². The molecule has 0 radical (unpaired) electrons. The van der Waals surface area contributed by atoms with Gasteiger partial charge in [0.2, 0.25) is 0 Å². The molecule has 0 saturated heterocycles. The van der Waals surface area contributed by atoms with E-state index in [2.05, 4.69) is 53.0 Å². The fraction of sp³-hybridized carbons (Fsp3) is 1.00. The van der Waals surface area contributed by atoms with E-state index in [1.165, 1.54) is 0 Å². The molecule has 0 aromatic carbocycles. The molecule has 20 heavy (non-hydrogen) atoms. The van der Waals surface area contributed by atoms with Gasteiger partial charge in [-0.1, -0.05) is 41.5 Å². The van der Waals surface area contributed by atoms with Crippen LogP contribution in [0.3, 0.4) is 0 Å². The summed E-state index contributed by atoms with van der Waals surface area (Å²) in [5, 5.41) is 0. The first-order chi connectivity index (χ1) is 9.21. The van der Waals surface area contributed by atoms with E-state index < -0.39 is 7.32 Å². The van der Waals surface area contributed by atoms with Gasteiger partial charge in [0.1, 0.15) is 0 Å². The van der Waals surface area contributed by atoms with E-state index in [1.807, 2.05) is 13.8 Å². The van der Waals surface area contributed by atoms with E-state index in [0.717, 1.165) is 19.3 Å². The summed E-state index contributed by atoms with van der Waals surface area (Å²) in [5.41, 5.74) is -0.376. The number of thioether (sulfide) groups is 1. The fourth-order valence-corrected chi connectivity index (χ4v) is 2.57. The van der Waals surface area contributed by atoms with Crippen LogP contribution in [0.5, 0.6) is 0 Å². The third-order valence-corrected chi connectivity index (χ3v) is 4.70. The highest BCUT2D eigenvalue weighted by atomic mass is 32.2. The molecule has 120 valence electrons. The molecule has 7 heteroatoms. The highest BCUT2D eigenvalue weighted by Gasteiger charge is 2.31. The molecule has 0 aromatic rings. The Morgan fingerprint density at radius 3 is 1.65 bits per heavy atom. The van der Waals surface area contributed by atoms with Gasteiger partial charge in [-0.15, -0.1) is 37.0 Å². The van der Waals surface area contributed by atoms with Crippen LogP contribution in [-0.4, -0.2) is 28.4 Å². The number of hydrogen-bond acceptors (Lipinski definition) is 6. The molecule has 0 spiro atoms. The molecule has 0 aliphatic carbocycles. The van der Waals surface area contributed by atoms with E-state index in [0.29, 0.717) is 0 Å². The predicted molar refractivity (Wildman–Crippen MR) is 96.6 cm³/mol. The minimum absolute atomic E-state index is 0.0229. The van der Waals surface area contributed by atoms with E-state index in [1.54, 1.807) is 11.8 Å². The maximum Gasteiger partial charge on any atom is 0.641 e. The van der Waals surface area contributed by atoms with Crippen molar-refractivity contribution < 1.29 is 14.0 Å². The number of rotatable bonds is 10. The van der Waals surface area contributed by atoms with Crippen molar-refractivity contribution in [3.63, 3.8) is 0 Å². The van der Waals surface area contributed by atoms with Crippen LogP contribution >= 0.6 is 37.0 Å². The predicted octanol–water partition coefficient (Wildman–Crippen LogP) is 4.62. The molecule has 0 heterocycles. The third kappa shape index (κ3) is 10.7. The highest BCUT2D eigenvalue weighted by Crippen LogP contribution is 2.31. The summed E-state index contributed by atoms with van der Waals surface area (Å²) in [6.45, 7) is 12.6. The van der Waals surface area contributed by atoms with Crippen LogP contribution < -0.4 is 0 Å². The largest absolute Gasteiger partial charge is 0.641 e. The van der Waals surface area contributed by atoms with E-state index in [-0.39, 0.29) is 21.1 Å². The second kappa shape index (κ2) is 10.7. The maximum atomic E-state index is 5.94. The molecule has 3 nitrogen and oxygen atoms in total. The summed E-state index contributed by atoms with van der Waals surface area (Å²) in [7, 11) is -0.723. The fourth-order valence-electron chi connectivity index (χ4n) is 1.27. The summed E-state index contributed by atoms with van der Waals surface area (Å²) < 4.78 is 17.4. The molecule has 0 N–H and O–H groups in total.